The predicted octanol–water partition coefficient (Wildman–Crippen LogP) is 2.91. The van der Waals surface area contributed by atoms with Gasteiger partial charge in [-0.25, -0.2) is 4.98 Å². The number of hydrogen-bond acceptors (Lipinski definition) is 3. The number of nitrogens with zero attached hydrogens (tertiary/aromatic N) is 1. The summed E-state index contributed by atoms with van der Waals surface area (Å²) in [7, 11) is 0. The van der Waals surface area contributed by atoms with E-state index in [4.69, 9.17) is 0 Å². The van der Waals surface area contributed by atoms with Crippen molar-refractivity contribution in [2.45, 2.75) is 20.8 Å². The van der Waals surface area contributed by atoms with E-state index in [-0.39, 0.29) is 11.8 Å². The highest BCUT2D eigenvalue weighted by Crippen LogP contribution is 2.20. The molecule has 0 bridgehead atoms. The summed E-state index contributed by atoms with van der Waals surface area (Å²) in [6.07, 6.45) is 1.49. The van der Waals surface area contributed by atoms with Gasteiger partial charge in [-0.1, -0.05) is 18.2 Å². The molecular formula is C16H17N3O2. The van der Waals surface area contributed by atoms with E-state index in [0.29, 0.717) is 11.4 Å². The number of carbonyl (C=O) groups excluding carboxylic acids is 2. The molecule has 0 saturated heterocycles. The molecule has 0 spiro atoms. The third-order valence-corrected chi connectivity index (χ3v) is 3.05. The fraction of sp³-hybridized carbons (Fsp3) is 0.188. The van der Waals surface area contributed by atoms with Gasteiger partial charge in [0.05, 0.1) is 0 Å². The molecule has 1 heterocycles. The van der Waals surface area contributed by atoms with Crippen LogP contribution in [0, 0.1) is 13.8 Å². The topological polar surface area (TPSA) is 71.1 Å². The summed E-state index contributed by atoms with van der Waals surface area (Å²) in [5.41, 5.74) is 3.25. The number of anilines is 2. The van der Waals surface area contributed by atoms with Gasteiger partial charge in [0.25, 0.3) is 5.91 Å². The maximum atomic E-state index is 12.3. The molecule has 2 rings (SSSR count). The molecule has 0 atom stereocenters. The second kappa shape index (κ2) is 6.17. The zero-order chi connectivity index (χ0) is 15.4. The Kier molecular flexibility index (Phi) is 4.33. The summed E-state index contributed by atoms with van der Waals surface area (Å²) in [5, 5.41) is 5.45. The molecule has 0 saturated carbocycles. The molecule has 5 heteroatoms. The van der Waals surface area contributed by atoms with Gasteiger partial charge in [-0.3, -0.25) is 9.59 Å². The fourth-order valence-corrected chi connectivity index (χ4v) is 2.02. The molecular weight excluding hydrogens is 266 g/mol. The zero-order valence-corrected chi connectivity index (χ0v) is 12.2. The lowest BCUT2D eigenvalue weighted by atomic mass is 10.1. The molecule has 108 valence electrons. The quantitative estimate of drug-likeness (QED) is 0.909. The molecule has 0 fully saturated rings. The Balaban J connectivity index is 2.23. The third-order valence-electron chi connectivity index (χ3n) is 3.05. The second-order valence-electron chi connectivity index (χ2n) is 4.83. The lowest BCUT2D eigenvalue weighted by Gasteiger charge is -2.11. The van der Waals surface area contributed by atoms with Gasteiger partial charge in [0.1, 0.15) is 5.82 Å². The van der Waals surface area contributed by atoms with E-state index in [2.05, 4.69) is 15.6 Å². The number of carbonyl (C=O) groups is 2. The summed E-state index contributed by atoms with van der Waals surface area (Å²) >= 11 is 0. The molecule has 2 amide bonds. The zero-order valence-electron chi connectivity index (χ0n) is 12.2. The van der Waals surface area contributed by atoms with Crippen LogP contribution in [0.5, 0.6) is 0 Å². The monoisotopic (exact) mass is 283 g/mol. The number of aryl methyl sites for hydroxylation is 2. The van der Waals surface area contributed by atoms with Crippen LogP contribution in [0.3, 0.4) is 0 Å². The Hall–Kier alpha value is -2.69. The Morgan fingerprint density at radius 2 is 1.71 bits per heavy atom. The van der Waals surface area contributed by atoms with Crippen LogP contribution >= 0.6 is 0 Å². The molecule has 5 nitrogen and oxygen atoms in total. The minimum atomic E-state index is -0.235. The first-order chi connectivity index (χ1) is 9.97. The number of aromatic nitrogens is 1. The van der Waals surface area contributed by atoms with E-state index < -0.39 is 0 Å². The molecule has 2 aromatic rings. The van der Waals surface area contributed by atoms with Crippen LogP contribution in [0.1, 0.15) is 28.4 Å². The number of hydrogen-bond donors (Lipinski definition) is 2. The van der Waals surface area contributed by atoms with E-state index in [0.717, 1.165) is 16.8 Å². The third kappa shape index (κ3) is 3.66. The highest BCUT2D eigenvalue weighted by Gasteiger charge is 2.10. The first kappa shape index (κ1) is 14.7. The van der Waals surface area contributed by atoms with E-state index >= 15 is 0 Å². The van der Waals surface area contributed by atoms with E-state index in [1.807, 2.05) is 32.0 Å². The van der Waals surface area contributed by atoms with Crippen LogP contribution in [0.2, 0.25) is 0 Å². The van der Waals surface area contributed by atoms with Crippen molar-refractivity contribution >= 4 is 23.3 Å². The second-order valence-corrected chi connectivity index (χ2v) is 4.83. The average Bonchev–Trinajstić information content (AvgIpc) is 2.42. The Morgan fingerprint density at radius 3 is 2.33 bits per heavy atom. The summed E-state index contributed by atoms with van der Waals surface area (Å²) in [5.74, 6) is -0.104. The number of nitrogens with one attached hydrogen (secondary N) is 2. The summed E-state index contributed by atoms with van der Waals surface area (Å²) in [6, 6.07) is 8.98. The van der Waals surface area contributed by atoms with Crippen LogP contribution in [0.4, 0.5) is 11.5 Å². The molecule has 0 aliphatic heterocycles. The standard InChI is InChI=1S/C16H17N3O2/c1-10-5-4-6-11(2)15(10)19-16(21)13-7-8-17-14(9-13)18-12(3)20/h4-9H,1-3H3,(H,19,21)(H,17,18,20). The van der Waals surface area contributed by atoms with Crippen molar-refractivity contribution in [1.82, 2.24) is 4.98 Å². The van der Waals surface area contributed by atoms with Gasteiger partial charge in [-0.15, -0.1) is 0 Å². The number of benzene rings is 1. The number of para-hydroxylation sites is 1. The molecule has 1 aromatic heterocycles. The molecule has 0 aliphatic rings. The van der Waals surface area contributed by atoms with Crippen molar-refractivity contribution in [3.63, 3.8) is 0 Å². The summed E-state index contributed by atoms with van der Waals surface area (Å²) in [6.45, 7) is 5.28. The van der Waals surface area contributed by atoms with Crippen LogP contribution < -0.4 is 10.6 Å². The highest BCUT2D eigenvalue weighted by molar-refractivity contribution is 6.05. The van der Waals surface area contributed by atoms with Gasteiger partial charge in [-0.2, -0.15) is 0 Å². The lowest BCUT2D eigenvalue weighted by molar-refractivity contribution is -0.114. The SMILES string of the molecule is CC(=O)Nc1cc(C(=O)Nc2c(C)cccc2C)ccn1. The lowest BCUT2D eigenvalue weighted by Crippen LogP contribution is -2.15. The number of rotatable bonds is 3. The predicted molar refractivity (Wildman–Crippen MR) is 82.4 cm³/mol. The molecule has 0 radical (unpaired) electrons. The van der Waals surface area contributed by atoms with Gasteiger partial charge in [-0.05, 0) is 37.1 Å². The molecule has 2 N–H and O–H groups in total. The van der Waals surface area contributed by atoms with Crippen molar-refractivity contribution in [3.05, 3.63) is 53.2 Å². The molecule has 1 aromatic carbocycles. The Labute approximate surface area is 123 Å². The minimum absolute atomic E-state index is 0.227. The minimum Gasteiger partial charge on any atom is -0.322 e. The number of amides is 2. The average molecular weight is 283 g/mol. The largest absolute Gasteiger partial charge is 0.322 e. The number of pyridine rings is 1. The molecule has 0 unspecified atom stereocenters. The van der Waals surface area contributed by atoms with Crippen molar-refractivity contribution < 1.29 is 9.59 Å². The highest BCUT2D eigenvalue weighted by atomic mass is 16.2. The van der Waals surface area contributed by atoms with Crippen LogP contribution in [-0.4, -0.2) is 16.8 Å². The summed E-state index contributed by atoms with van der Waals surface area (Å²) < 4.78 is 0. The maximum absolute atomic E-state index is 12.3. The molecule has 21 heavy (non-hydrogen) atoms. The first-order valence-corrected chi connectivity index (χ1v) is 6.58. The van der Waals surface area contributed by atoms with Crippen molar-refractivity contribution in [2.75, 3.05) is 10.6 Å². The fourth-order valence-electron chi connectivity index (χ4n) is 2.02. The smallest absolute Gasteiger partial charge is 0.255 e. The van der Waals surface area contributed by atoms with Gasteiger partial charge >= 0.3 is 0 Å². The Bertz CT molecular complexity index is 675. The first-order valence-electron chi connectivity index (χ1n) is 6.58. The summed E-state index contributed by atoms with van der Waals surface area (Å²) in [4.78, 5) is 27.3. The van der Waals surface area contributed by atoms with E-state index in [1.54, 1.807) is 12.1 Å². The van der Waals surface area contributed by atoms with Crippen LogP contribution in [0.25, 0.3) is 0 Å². The van der Waals surface area contributed by atoms with E-state index in [1.165, 1.54) is 13.1 Å². The van der Waals surface area contributed by atoms with Crippen molar-refractivity contribution in [3.8, 4) is 0 Å². The molecule has 0 aliphatic carbocycles. The maximum Gasteiger partial charge on any atom is 0.255 e. The van der Waals surface area contributed by atoms with Gasteiger partial charge in [0.2, 0.25) is 5.91 Å². The van der Waals surface area contributed by atoms with Gasteiger partial charge in [0.15, 0.2) is 0 Å². The van der Waals surface area contributed by atoms with Gasteiger partial charge < -0.3 is 10.6 Å². The van der Waals surface area contributed by atoms with Gasteiger partial charge in [0, 0.05) is 24.4 Å². The Morgan fingerprint density at radius 1 is 1.05 bits per heavy atom. The van der Waals surface area contributed by atoms with Crippen LogP contribution in [0.15, 0.2) is 36.5 Å². The van der Waals surface area contributed by atoms with E-state index in [9.17, 15) is 9.59 Å². The normalized spacial score (nSPS) is 10.0. The van der Waals surface area contributed by atoms with Crippen molar-refractivity contribution in [2.24, 2.45) is 0 Å². The van der Waals surface area contributed by atoms with Crippen LogP contribution in [-0.2, 0) is 4.79 Å². The van der Waals surface area contributed by atoms with Crippen molar-refractivity contribution in [1.29, 1.82) is 0 Å².